The van der Waals surface area contributed by atoms with E-state index in [4.69, 9.17) is 14.4 Å². The first-order valence-electron chi connectivity index (χ1n) is 19.3. The first-order chi connectivity index (χ1) is 28.3. The molecule has 0 saturated carbocycles. The van der Waals surface area contributed by atoms with Gasteiger partial charge >= 0.3 is 0 Å². The summed E-state index contributed by atoms with van der Waals surface area (Å²) in [5.41, 5.74) is 13.7. The minimum atomic E-state index is 0.709. The van der Waals surface area contributed by atoms with Gasteiger partial charge in [-0.15, -0.1) is 0 Å². The summed E-state index contributed by atoms with van der Waals surface area (Å²) in [4.78, 5) is 10.2. The Bertz CT molecular complexity index is 3200. The summed E-state index contributed by atoms with van der Waals surface area (Å²) in [5.74, 6) is 0.709. The van der Waals surface area contributed by atoms with Crippen LogP contribution >= 0.6 is 0 Å². The van der Waals surface area contributed by atoms with Gasteiger partial charge in [0.2, 0.25) is 0 Å². The largest absolute Gasteiger partial charge is 0.455 e. The minimum Gasteiger partial charge on any atom is -0.455 e. The SMILES string of the molecule is c1ccc(-c2cc(-c3ccc(-c4ccc(-c5cccc6oc7c8ccccc8c(-c8ccccc8)cc7c56)cc4)c4ccccc34)nc(-c3ccccc3)n2)cc1. The summed E-state index contributed by atoms with van der Waals surface area (Å²) in [6.45, 7) is 0. The van der Waals surface area contributed by atoms with Crippen LogP contribution in [0, 0.1) is 0 Å². The molecule has 266 valence electrons. The molecule has 2 aromatic heterocycles. The Kier molecular flexibility index (Phi) is 7.82. The van der Waals surface area contributed by atoms with E-state index in [1.807, 2.05) is 24.3 Å². The molecule has 0 spiro atoms. The quantitative estimate of drug-likeness (QED) is 0.171. The van der Waals surface area contributed by atoms with Crippen molar-refractivity contribution in [2.24, 2.45) is 0 Å². The number of hydrogen-bond donors (Lipinski definition) is 0. The lowest BCUT2D eigenvalue weighted by atomic mass is 9.91. The average Bonchev–Trinajstić information content (AvgIpc) is 3.68. The van der Waals surface area contributed by atoms with Crippen LogP contribution in [0.3, 0.4) is 0 Å². The number of rotatable bonds is 6. The van der Waals surface area contributed by atoms with Crippen molar-refractivity contribution in [1.29, 1.82) is 0 Å². The minimum absolute atomic E-state index is 0.709. The van der Waals surface area contributed by atoms with Crippen LogP contribution < -0.4 is 0 Å². The smallest absolute Gasteiger partial charge is 0.160 e. The number of fused-ring (bicyclic) bond motifs is 6. The van der Waals surface area contributed by atoms with Gasteiger partial charge in [-0.1, -0.05) is 188 Å². The Morgan fingerprint density at radius 2 is 0.807 bits per heavy atom. The van der Waals surface area contributed by atoms with Gasteiger partial charge in [-0.2, -0.15) is 0 Å². The molecule has 0 aliphatic rings. The molecule has 0 bridgehead atoms. The first-order valence-corrected chi connectivity index (χ1v) is 19.3. The van der Waals surface area contributed by atoms with E-state index in [1.54, 1.807) is 0 Å². The van der Waals surface area contributed by atoms with Gasteiger partial charge in [-0.25, -0.2) is 9.97 Å². The highest BCUT2D eigenvalue weighted by molar-refractivity contribution is 6.22. The predicted octanol–water partition coefficient (Wildman–Crippen LogP) is 14.7. The van der Waals surface area contributed by atoms with Crippen molar-refractivity contribution < 1.29 is 4.42 Å². The summed E-state index contributed by atoms with van der Waals surface area (Å²) in [6, 6.07) is 72.7. The molecule has 0 aliphatic carbocycles. The fraction of sp³-hybridized carbons (Fsp3) is 0. The van der Waals surface area contributed by atoms with E-state index in [-0.39, 0.29) is 0 Å². The van der Waals surface area contributed by atoms with E-state index in [0.29, 0.717) is 5.82 Å². The van der Waals surface area contributed by atoms with E-state index in [9.17, 15) is 0 Å². The zero-order chi connectivity index (χ0) is 37.7. The predicted molar refractivity (Wildman–Crippen MR) is 237 cm³/mol. The Morgan fingerprint density at radius 1 is 0.298 bits per heavy atom. The number of benzene rings is 9. The monoisotopic (exact) mass is 726 g/mol. The molecule has 0 atom stereocenters. The summed E-state index contributed by atoms with van der Waals surface area (Å²) < 4.78 is 6.66. The van der Waals surface area contributed by atoms with Crippen molar-refractivity contribution in [2.45, 2.75) is 0 Å². The summed E-state index contributed by atoms with van der Waals surface area (Å²) >= 11 is 0. The van der Waals surface area contributed by atoms with Crippen molar-refractivity contribution in [3.63, 3.8) is 0 Å². The normalized spacial score (nSPS) is 11.5. The van der Waals surface area contributed by atoms with Gasteiger partial charge in [0.15, 0.2) is 5.82 Å². The van der Waals surface area contributed by atoms with Crippen LogP contribution in [0.2, 0.25) is 0 Å². The molecule has 9 aromatic carbocycles. The van der Waals surface area contributed by atoms with Gasteiger partial charge in [0.1, 0.15) is 11.2 Å². The number of furan rings is 1. The molecule has 0 N–H and O–H groups in total. The maximum absolute atomic E-state index is 6.66. The van der Waals surface area contributed by atoms with Crippen LogP contribution in [0.15, 0.2) is 211 Å². The standard InChI is InChI=1S/C54H34N2O/c1-4-15-35(16-5-1)47-33-48-52-41(25-14-26-51(52)57-53(48)46-24-13-12-23-44(46)47)37-29-27-36(28-30-37)40-31-32-45(43-22-11-10-21-42(40)43)50-34-49(38-17-6-2-7-18-38)55-54(56-50)39-19-8-3-9-20-39/h1-34H. The van der Waals surface area contributed by atoms with Gasteiger partial charge in [0, 0.05) is 32.8 Å². The maximum Gasteiger partial charge on any atom is 0.160 e. The fourth-order valence-electron chi connectivity index (χ4n) is 8.41. The summed E-state index contributed by atoms with van der Waals surface area (Å²) in [5, 5.41) is 6.88. The van der Waals surface area contributed by atoms with Crippen molar-refractivity contribution in [2.75, 3.05) is 0 Å². The fourth-order valence-corrected chi connectivity index (χ4v) is 8.41. The van der Waals surface area contributed by atoms with Gasteiger partial charge < -0.3 is 4.42 Å². The summed E-state index contributed by atoms with van der Waals surface area (Å²) in [6.07, 6.45) is 0. The molecule has 3 nitrogen and oxygen atoms in total. The molecule has 0 unspecified atom stereocenters. The third kappa shape index (κ3) is 5.68. The van der Waals surface area contributed by atoms with Gasteiger partial charge in [-0.05, 0) is 67.7 Å². The van der Waals surface area contributed by atoms with Crippen LogP contribution in [0.1, 0.15) is 0 Å². The average molecular weight is 727 g/mol. The third-order valence-corrected chi connectivity index (χ3v) is 11.1. The van der Waals surface area contributed by atoms with Crippen LogP contribution in [-0.4, -0.2) is 9.97 Å². The second-order valence-corrected chi connectivity index (χ2v) is 14.5. The van der Waals surface area contributed by atoms with Crippen LogP contribution in [0.4, 0.5) is 0 Å². The lowest BCUT2D eigenvalue weighted by Gasteiger charge is -2.14. The molecule has 3 heteroatoms. The number of aromatic nitrogens is 2. The van der Waals surface area contributed by atoms with E-state index in [1.165, 1.54) is 27.5 Å². The van der Waals surface area contributed by atoms with Crippen molar-refractivity contribution >= 4 is 43.5 Å². The second-order valence-electron chi connectivity index (χ2n) is 14.5. The van der Waals surface area contributed by atoms with E-state index >= 15 is 0 Å². The van der Waals surface area contributed by atoms with Crippen molar-refractivity contribution in [1.82, 2.24) is 9.97 Å². The topological polar surface area (TPSA) is 38.9 Å². The zero-order valence-corrected chi connectivity index (χ0v) is 30.9. The Labute approximate surface area is 330 Å². The highest BCUT2D eigenvalue weighted by Gasteiger charge is 2.19. The second kappa shape index (κ2) is 13.6. The van der Waals surface area contributed by atoms with Crippen molar-refractivity contribution in [3.8, 4) is 67.3 Å². The molecular formula is C54H34N2O. The molecule has 0 aliphatic heterocycles. The van der Waals surface area contributed by atoms with E-state index < -0.39 is 0 Å². The zero-order valence-electron chi connectivity index (χ0n) is 30.9. The highest BCUT2D eigenvalue weighted by Crippen LogP contribution is 2.44. The molecule has 0 fully saturated rings. The van der Waals surface area contributed by atoms with E-state index in [2.05, 4.69) is 182 Å². The molecule has 0 saturated heterocycles. The molecule has 11 aromatic rings. The van der Waals surface area contributed by atoms with Crippen LogP contribution in [0.25, 0.3) is 111 Å². The van der Waals surface area contributed by atoms with Crippen LogP contribution in [-0.2, 0) is 0 Å². The molecular weight excluding hydrogens is 693 g/mol. The highest BCUT2D eigenvalue weighted by atomic mass is 16.3. The lowest BCUT2D eigenvalue weighted by molar-refractivity contribution is 0.673. The lowest BCUT2D eigenvalue weighted by Crippen LogP contribution is -1.96. The molecule has 0 radical (unpaired) electrons. The maximum atomic E-state index is 6.66. The Hall–Kier alpha value is -7.62. The Balaban J connectivity index is 1.03. The van der Waals surface area contributed by atoms with E-state index in [0.717, 1.165) is 77.5 Å². The van der Waals surface area contributed by atoms with Crippen LogP contribution in [0.5, 0.6) is 0 Å². The summed E-state index contributed by atoms with van der Waals surface area (Å²) in [7, 11) is 0. The third-order valence-electron chi connectivity index (χ3n) is 11.1. The van der Waals surface area contributed by atoms with Gasteiger partial charge in [-0.3, -0.25) is 0 Å². The Morgan fingerprint density at radius 3 is 1.49 bits per heavy atom. The van der Waals surface area contributed by atoms with Gasteiger partial charge in [0.25, 0.3) is 0 Å². The van der Waals surface area contributed by atoms with Crippen molar-refractivity contribution in [3.05, 3.63) is 206 Å². The first kappa shape index (κ1) is 32.8. The number of nitrogens with zero attached hydrogens (tertiary/aromatic N) is 2. The molecule has 0 amide bonds. The number of hydrogen-bond acceptors (Lipinski definition) is 3. The molecule has 11 rings (SSSR count). The van der Waals surface area contributed by atoms with Gasteiger partial charge in [0.05, 0.1) is 11.4 Å². The molecule has 2 heterocycles. The molecule has 57 heavy (non-hydrogen) atoms.